The van der Waals surface area contributed by atoms with Crippen LogP contribution in [-0.4, -0.2) is 59.5 Å². The maximum atomic E-state index is 9.87. The van der Waals surface area contributed by atoms with Gasteiger partial charge in [0.05, 0.1) is 12.7 Å². The summed E-state index contributed by atoms with van der Waals surface area (Å²) in [6.07, 6.45) is 7.50. The maximum Gasteiger partial charge on any atom is 0.0558 e. The second kappa shape index (κ2) is 7.58. The minimum atomic E-state index is -0.253. The molecular formula is C15H30N2O2. The third-order valence-corrected chi connectivity index (χ3v) is 4.73. The van der Waals surface area contributed by atoms with Crippen LogP contribution >= 0.6 is 0 Å². The second-order valence-corrected chi connectivity index (χ2v) is 6.42. The van der Waals surface area contributed by atoms with E-state index in [9.17, 15) is 5.11 Å². The molecule has 2 rings (SSSR count). The SMILES string of the molecule is CC(O)C1CC(NC2CCCCC2)CN(CCO)C1. The Hall–Kier alpha value is -0.160. The fourth-order valence-electron chi connectivity index (χ4n) is 3.63. The van der Waals surface area contributed by atoms with E-state index in [1.807, 2.05) is 6.92 Å². The highest BCUT2D eigenvalue weighted by atomic mass is 16.3. The molecule has 1 heterocycles. The van der Waals surface area contributed by atoms with Crippen molar-refractivity contribution in [3.05, 3.63) is 0 Å². The van der Waals surface area contributed by atoms with Gasteiger partial charge in [-0.15, -0.1) is 0 Å². The number of hydrogen-bond acceptors (Lipinski definition) is 4. The number of aliphatic hydroxyl groups excluding tert-OH is 2. The number of piperidine rings is 1. The van der Waals surface area contributed by atoms with E-state index in [0.717, 1.165) is 26.1 Å². The number of rotatable bonds is 5. The summed E-state index contributed by atoms with van der Waals surface area (Å²) >= 11 is 0. The van der Waals surface area contributed by atoms with Gasteiger partial charge in [0.25, 0.3) is 0 Å². The molecule has 3 unspecified atom stereocenters. The average Bonchev–Trinajstić information content (AvgIpc) is 2.40. The van der Waals surface area contributed by atoms with Crippen LogP contribution < -0.4 is 5.32 Å². The Bertz CT molecular complexity index is 255. The molecule has 1 saturated carbocycles. The molecule has 0 aromatic rings. The normalized spacial score (nSPS) is 32.4. The standard InChI is InChI=1S/C15H30N2O2/c1-12(19)13-9-15(11-17(10-13)7-8-18)16-14-5-3-2-4-6-14/h12-16,18-19H,2-11H2,1H3. The van der Waals surface area contributed by atoms with Crippen molar-refractivity contribution in [1.29, 1.82) is 0 Å². The molecule has 1 aliphatic carbocycles. The first kappa shape index (κ1) is 15.2. The first-order valence-corrected chi connectivity index (χ1v) is 7.96. The Kier molecular flexibility index (Phi) is 6.07. The van der Waals surface area contributed by atoms with Crippen LogP contribution in [0, 0.1) is 5.92 Å². The quantitative estimate of drug-likeness (QED) is 0.697. The lowest BCUT2D eigenvalue weighted by Crippen LogP contribution is -2.54. The molecule has 3 N–H and O–H groups in total. The Balaban J connectivity index is 1.86. The van der Waals surface area contributed by atoms with Gasteiger partial charge in [-0.3, -0.25) is 4.90 Å². The highest BCUT2D eigenvalue weighted by Crippen LogP contribution is 2.23. The summed E-state index contributed by atoms with van der Waals surface area (Å²) in [6.45, 7) is 4.76. The van der Waals surface area contributed by atoms with Crippen LogP contribution in [0.25, 0.3) is 0 Å². The first-order valence-electron chi connectivity index (χ1n) is 7.96. The van der Waals surface area contributed by atoms with Crippen molar-refractivity contribution in [3.63, 3.8) is 0 Å². The van der Waals surface area contributed by atoms with Crippen LogP contribution in [0.5, 0.6) is 0 Å². The lowest BCUT2D eigenvalue weighted by atomic mass is 9.88. The summed E-state index contributed by atoms with van der Waals surface area (Å²) in [5.41, 5.74) is 0. The Morgan fingerprint density at radius 1 is 1.16 bits per heavy atom. The van der Waals surface area contributed by atoms with Crippen molar-refractivity contribution in [1.82, 2.24) is 10.2 Å². The van der Waals surface area contributed by atoms with Crippen LogP contribution in [-0.2, 0) is 0 Å². The summed E-state index contributed by atoms with van der Waals surface area (Å²) < 4.78 is 0. The van der Waals surface area contributed by atoms with Crippen LogP contribution in [0.2, 0.25) is 0 Å². The Morgan fingerprint density at radius 3 is 2.53 bits per heavy atom. The molecule has 0 aromatic carbocycles. The molecule has 0 amide bonds. The zero-order valence-corrected chi connectivity index (χ0v) is 12.2. The summed E-state index contributed by atoms with van der Waals surface area (Å²) in [7, 11) is 0. The molecule has 0 aromatic heterocycles. The van der Waals surface area contributed by atoms with Gasteiger partial charge in [-0.2, -0.15) is 0 Å². The van der Waals surface area contributed by atoms with E-state index in [0.29, 0.717) is 18.0 Å². The van der Waals surface area contributed by atoms with Gasteiger partial charge in [0.2, 0.25) is 0 Å². The fraction of sp³-hybridized carbons (Fsp3) is 1.00. The van der Waals surface area contributed by atoms with Crippen molar-refractivity contribution in [2.75, 3.05) is 26.2 Å². The number of β-amino-alcohol motifs (C(OH)–C–C–N with tert-alkyl or cyclic N) is 1. The number of aliphatic hydroxyl groups is 2. The van der Waals surface area contributed by atoms with E-state index in [4.69, 9.17) is 5.11 Å². The van der Waals surface area contributed by atoms with Gasteiger partial charge < -0.3 is 15.5 Å². The van der Waals surface area contributed by atoms with Crippen LogP contribution in [0.3, 0.4) is 0 Å². The Morgan fingerprint density at radius 2 is 1.89 bits per heavy atom. The van der Waals surface area contributed by atoms with Crippen molar-refractivity contribution < 1.29 is 10.2 Å². The van der Waals surface area contributed by atoms with Gasteiger partial charge in [-0.1, -0.05) is 19.3 Å². The van der Waals surface area contributed by atoms with E-state index < -0.39 is 0 Å². The molecule has 2 fully saturated rings. The van der Waals surface area contributed by atoms with E-state index in [-0.39, 0.29) is 12.7 Å². The summed E-state index contributed by atoms with van der Waals surface area (Å²) in [4.78, 5) is 2.29. The van der Waals surface area contributed by atoms with Gasteiger partial charge in [-0.05, 0) is 32.1 Å². The molecule has 0 radical (unpaired) electrons. The predicted molar refractivity (Wildman–Crippen MR) is 77.1 cm³/mol. The van der Waals surface area contributed by atoms with E-state index in [1.165, 1.54) is 32.1 Å². The van der Waals surface area contributed by atoms with E-state index in [1.54, 1.807) is 0 Å². The maximum absolute atomic E-state index is 9.87. The minimum Gasteiger partial charge on any atom is -0.395 e. The molecule has 3 atom stereocenters. The average molecular weight is 270 g/mol. The molecule has 0 bridgehead atoms. The first-order chi connectivity index (χ1) is 9.19. The molecule has 19 heavy (non-hydrogen) atoms. The largest absolute Gasteiger partial charge is 0.395 e. The molecule has 4 nitrogen and oxygen atoms in total. The van der Waals surface area contributed by atoms with Gasteiger partial charge in [0.15, 0.2) is 0 Å². The van der Waals surface area contributed by atoms with Gasteiger partial charge in [-0.25, -0.2) is 0 Å². The number of hydrogen-bond donors (Lipinski definition) is 3. The fourth-order valence-corrected chi connectivity index (χ4v) is 3.63. The minimum absolute atomic E-state index is 0.211. The van der Waals surface area contributed by atoms with Gasteiger partial charge in [0, 0.05) is 31.7 Å². The second-order valence-electron chi connectivity index (χ2n) is 6.42. The topological polar surface area (TPSA) is 55.7 Å². The summed E-state index contributed by atoms with van der Waals surface area (Å²) in [5, 5.41) is 22.8. The molecule has 1 saturated heterocycles. The zero-order chi connectivity index (χ0) is 13.7. The monoisotopic (exact) mass is 270 g/mol. The highest BCUT2D eigenvalue weighted by Gasteiger charge is 2.30. The molecule has 1 aliphatic heterocycles. The number of likely N-dealkylation sites (tertiary alicyclic amines) is 1. The zero-order valence-electron chi connectivity index (χ0n) is 12.2. The molecule has 4 heteroatoms. The highest BCUT2D eigenvalue weighted by molar-refractivity contribution is 4.88. The van der Waals surface area contributed by atoms with Gasteiger partial charge >= 0.3 is 0 Å². The van der Waals surface area contributed by atoms with E-state index in [2.05, 4.69) is 10.2 Å². The van der Waals surface area contributed by atoms with Crippen molar-refractivity contribution in [3.8, 4) is 0 Å². The Labute approximate surface area is 117 Å². The van der Waals surface area contributed by atoms with Crippen molar-refractivity contribution in [2.24, 2.45) is 5.92 Å². The predicted octanol–water partition coefficient (Wildman–Crippen LogP) is 0.972. The van der Waals surface area contributed by atoms with Gasteiger partial charge in [0.1, 0.15) is 0 Å². The van der Waals surface area contributed by atoms with Crippen molar-refractivity contribution >= 4 is 0 Å². The summed E-state index contributed by atoms with van der Waals surface area (Å²) in [6, 6.07) is 1.14. The molecular weight excluding hydrogens is 240 g/mol. The lowest BCUT2D eigenvalue weighted by Gasteiger charge is -2.41. The molecule has 112 valence electrons. The molecule has 0 spiro atoms. The smallest absolute Gasteiger partial charge is 0.0558 e. The third-order valence-electron chi connectivity index (χ3n) is 4.73. The van der Waals surface area contributed by atoms with Crippen LogP contribution in [0.1, 0.15) is 45.4 Å². The third kappa shape index (κ3) is 4.71. The number of nitrogens with zero attached hydrogens (tertiary/aromatic N) is 1. The van der Waals surface area contributed by atoms with E-state index >= 15 is 0 Å². The summed E-state index contributed by atoms with van der Waals surface area (Å²) in [5.74, 6) is 0.335. The lowest BCUT2D eigenvalue weighted by molar-refractivity contribution is 0.0379. The van der Waals surface area contributed by atoms with Crippen molar-refractivity contribution in [2.45, 2.75) is 63.6 Å². The van der Waals surface area contributed by atoms with Crippen LogP contribution in [0.15, 0.2) is 0 Å². The number of nitrogens with one attached hydrogen (secondary N) is 1. The molecule has 2 aliphatic rings. The van der Waals surface area contributed by atoms with Crippen LogP contribution in [0.4, 0.5) is 0 Å².